The molecule has 3 heteroatoms. The highest BCUT2D eigenvalue weighted by Gasteiger charge is 2.13. The van der Waals surface area contributed by atoms with Crippen LogP contribution in [0.15, 0.2) is 48.5 Å². The van der Waals surface area contributed by atoms with Gasteiger partial charge in [-0.2, -0.15) is 0 Å². The van der Waals surface area contributed by atoms with E-state index in [-0.39, 0.29) is 6.04 Å². The Balaban J connectivity index is 2.26. The third-order valence-corrected chi connectivity index (χ3v) is 3.99. The predicted octanol–water partition coefficient (Wildman–Crippen LogP) is 4.30. The zero-order valence-corrected chi connectivity index (χ0v) is 13.7. The molecule has 0 aliphatic heterocycles. The van der Waals surface area contributed by atoms with Crippen LogP contribution in [-0.4, -0.2) is 20.6 Å². The number of rotatable bonds is 6. The number of halogens is 1. The first-order chi connectivity index (χ1) is 10.1. The van der Waals surface area contributed by atoms with Gasteiger partial charge in [-0.05, 0) is 42.3 Å². The quantitative estimate of drug-likeness (QED) is 0.856. The number of nitrogens with zero attached hydrogens (tertiary/aromatic N) is 1. The number of likely N-dealkylation sites (N-methyl/N-ethyl adjacent to an activating group) is 1. The van der Waals surface area contributed by atoms with Crippen LogP contribution in [0.5, 0.6) is 0 Å². The molecular weight excluding hydrogens is 280 g/mol. The second kappa shape index (κ2) is 7.48. The van der Waals surface area contributed by atoms with Gasteiger partial charge in [-0.3, -0.25) is 0 Å². The molecule has 1 N–H and O–H groups in total. The van der Waals surface area contributed by atoms with E-state index < -0.39 is 0 Å². The molecule has 2 aromatic rings. The molecule has 1 atom stereocenters. The number of hydrogen-bond donors (Lipinski definition) is 1. The molecule has 112 valence electrons. The lowest BCUT2D eigenvalue weighted by Gasteiger charge is -2.21. The maximum absolute atomic E-state index is 6.30. The molecule has 0 heterocycles. The summed E-state index contributed by atoms with van der Waals surface area (Å²) in [5.74, 6) is 0. The van der Waals surface area contributed by atoms with E-state index in [1.807, 2.05) is 18.2 Å². The van der Waals surface area contributed by atoms with Crippen molar-refractivity contribution in [3.8, 4) is 0 Å². The highest BCUT2D eigenvalue weighted by Crippen LogP contribution is 2.25. The van der Waals surface area contributed by atoms with E-state index in [0.717, 1.165) is 18.0 Å². The molecule has 0 amide bonds. The van der Waals surface area contributed by atoms with Crippen LogP contribution in [-0.2, 0) is 6.42 Å². The Labute approximate surface area is 132 Å². The van der Waals surface area contributed by atoms with Gasteiger partial charge in [0.1, 0.15) is 0 Å². The lowest BCUT2D eigenvalue weighted by molar-refractivity contribution is 0.550. The topological polar surface area (TPSA) is 15.3 Å². The Morgan fingerprint density at radius 3 is 2.52 bits per heavy atom. The highest BCUT2D eigenvalue weighted by molar-refractivity contribution is 6.31. The Kier molecular flexibility index (Phi) is 5.66. The summed E-state index contributed by atoms with van der Waals surface area (Å²) in [5, 5.41) is 4.40. The Hall–Kier alpha value is -1.51. The van der Waals surface area contributed by atoms with Crippen LogP contribution in [0.4, 0.5) is 5.69 Å². The van der Waals surface area contributed by atoms with Gasteiger partial charge in [0.15, 0.2) is 0 Å². The fourth-order valence-electron chi connectivity index (χ4n) is 2.46. The first-order valence-corrected chi connectivity index (χ1v) is 7.73. The summed E-state index contributed by atoms with van der Waals surface area (Å²) in [4.78, 5) is 2.13. The standard InChI is InChI=1S/C18H23ClN2/c1-4-20-18(13-14-8-5-6-11-17(14)19)15-9-7-10-16(12-15)21(2)3/h5-12,18,20H,4,13H2,1-3H3. The molecule has 1 unspecified atom stereocenters. The van der Waals surface area contributed by atoms with E-state index in [1.165, 1.54) is 16.8 Å². The molecule has 0 saturated carbocycles. The monoisotopic (exact) mass is 302 g/mol. The van der Waals surface area contributed by atoms with Crippen LogP contribution in [0.1, 0.15) is 24.1 Å². The largest absolute Gasteiger partial charge is 0.378 e. The van der Waals surface area contributed by atoms with Crippen LogP contribution < -0.4 is 10.2 Å². The summed E-state index contributed by atoms with van der Waals surface area (Å²) >= 11 is 6.30. The lowest BCUT2D eigenvalue weighted by atomic mass is 9.98. The molecule has 0 spiro atoms. The molecule has 0 fully saturated rings. The van der Waals surface area contributed by atoms with Gasteiger partial charge in [0, 0.05) is 30.8 Å². The Bertz CT molecular complexity index is 581. The maximum Gasteiger partial charge on any atom is 0.0438 e. The zero-order chi connectivity index (χ0) is 15.2. The van der Waals surface area contributed by atoms with Gasteiger partial charge in [-0.1, -0.05) is 48.9 Å². The van der Waals surface area contributed by atoms with E-state index in [0.29, 0.717) is 0 Å². The van der Waals surface area contributed by atoms with E-state index in [2.05, 4.69) is 61.6 Å². The molecule has 2 nitrogen and oxygen atoms in total. The predicted molar refractivity (Wildman–Crippen MR) is 92.3 cm³/mol. The molecule has 0 saturated heterocycles. The third-order valence-electron chi connectivity index (χ3n) is 3.62. The fourth-order valence-corrected chi connectivity index (χ4v) is 2.67. The lowest BCUT2D eigenvalue weighted by Crippen LogP contribution is -2.23. The summed E-state index contributed by atoms with van der Waals surface area (Å²) in [5.41, 5.74) is 3.69. The molecule has 2 aromatic carbocycles. The van der Waals surface area contributed by atoms with Crippen LogP contribution in [0.2, 0.25) is 5.02 Å². The first-order valence-electron chi connectivity index (χ1n) is 7.36. The van der Waals surface area contributed by atoms with Gasteiger partial charge in [0.25, 0.3) is 0 Å². The van der Waals surface area contributed by atoms with Crippen molar-refractivity contribution < 1.29 is 0 Å². The molecule has 0 bridgehead atoms. The van der Waals surface area contributed by atoms with E-state index in [9.17, 15) is 0 Å². The Morgan fingerprint density at radius 2 is 1.86 bits per heavy atom. The van der Waals surface area contributed by atoms with Crippen LogP contribution in [0.3, 0.4) is 0 Å². The second-order valence-electron chi connectivity index (χ2n) is 5.40. The molecule has 2 rings (SSSR count). The third kappa shape index (κ3) is 4.23. The van der Waals surface area contributed by atoms with E-state index in [1.54, 1.807) is 0 Å². The van der Waals surface area contributed by atoms with Gasteiger partial charge >= 0.3 is 0 Å². The minimum atomic E-state index is 0.273. The minimum absolute atomic E-state index is 0.273. The molecule has 0 aliphatic carbocycles. The number of anilines is 1. The van der Waals surface area contributed by atoms with Crippen molar-refractivity contribution in [3.05, 3.63) is 64.7 Å². The van der Waals surface area contributed by atoms with Crippen molar-refractivity contribution in [3.63, 3.8) is 0 Å². The fraction of sp³-hybridized carbons (Fsp3) is 0.333. The van der Waals surface area contributed by atoms with E-state index in [4.69, 9.17) is 11.6 Å². The van der Waals surface area contributed by atoms with Crippen molar-refractivity contribution in [1.82, 2.24) is 5.32 Å². The average molecular weight is 303 g/mol. The van der Waals surface area contributed by atoms with Gasteiger partial charge in [0.05, 0.1) is 0 Å². The van der Waals surface area contributed by atoms with Crippen LogP contribution in [0.25, 0.3) is 0 Å². The minimum Gasteiger partial charge on any atom is -0.378 e. The molecule has 0 aliphatic rings. The Morgan fingerprint density at radius 1 is 1.10 bits per heavy atom. The summed E-state index contributed by atoms with van der Waals surface area (Å²) in [6.07, 6.45) is 0.893. The average Bonchev–Trinajstić information content (AvgIpc) is 2.49. The van der Waals surface area contributed by atoms with Crippen molar-refractivity contribution >= 4 is 17.3 Å². The molecular formula is C18H23ClN2. The van der Waals surface area contributed by atoms with Gasteiger partial charge < -0.3 is 10.2 Å². The second-order valence-corrected chi connectivity index (χ2v) is 5.80. The first kappa shape index (κ1) is 15.9. The van der Waals surface area contributed by atoms with Crippen molar-refractivity contribution in [2.45, 2.75) is 19.4 Å². The number of nitrogens with one attached hydrogen (secondary N) is 1. The van der Waals surface area contributed by atoms with Gasteiger partial charge in [0.2, 0.25) is 0 Å². The normalized spacial score (nSPS) is 12.2. The van der Waals surface area contributed by atoms with Crippen LogP contribution in [0, 0.1) is 0 Å². The summed E-state index contributed by atoms with van der Waals surface area (Å²) in [6.45, 7) is 3.07. The van der Waals surface area contributed by atoms with Crippen molar-refractivity contribution in [1.29, 1.82) is 0 Å². The smallest absolute Gasteiger partial charge is 0.0438 e. The molecule has 0 radical (unpaired) electrons. The summed E-state index contributed by atoms with van der Waals surface area (Å²) in [6, 6.07) is 17.0. The van der Waals surface area contributed by atoms with Crippen molar-refractivity contribution in [2.24, 2.45) is 0 Å². The molecule has 0 aromatic heterocycles. The highest BCUT2D eigenvalue weighted by atomic mass is 35.5. The zero-order valence-electron chi connectivity index (χ0n) is 12.9. The SMILES string of the molecule is CCNC(Cc1ccccc1Cl)c1cccc(N(C)C)c1. The summed E-state index contributed by atoms with van der Waals surface area (Å²) < 4.78 is 0. The van der Waals surface area contributed by atoms with E-state index >= 15 is 0 Å². The number of hydrogen-bond acceptors (Lipinski definition) is 2. The van der Waals surface area contributed by atoms with Crippen LogP contribution >= 0.6 is 11.6 Å². The maximum atomic E-state index is 6.30. The van der Waals surface area contributed by atoms with Gasteiger partial charge in [-0.15, -0.1) is 0 Å². The molecule has 21 heavy (non-hydrogen) atoms. The van der Waals surface area contributed by atoms with Gasteiger partial charge in [-0.25, -0.2) is 0 Å². The number of benzene rings is 2. The summed E-state index contributed by atoms with van der Waals surface area (Å²) in [7, 11) is 4.13. The van der Waals surface area contributed by atoms with Crippen molar-refractivity contribution in [2.75, 3.05) is 25.5 Å².